The van der Waals surface area contributed by atoms with Crippen molar-refractivity contribution in [2.75, 3.05) is 19.8 Å². The number of amides is 2. The van der Waals surface area contributed by atoms with Crippen molar-refractivity contribution < 1.29 is 19.1 Å². The average Bonchev–Trinajstić information content (AvgIpc) is 2.99. The van der Waals surface area contributed by atoms with Crippen LogP contribution in [0.1, 0.15) is 66.2 Å². The van der Waals surface area contributed by atoms with E-state index in [0.29, 0.717) is 30.7 Å². The second-order valence-corrected chi connectivity index (χ2v) is 7.25. The van der Waals surface area contributed by atoms with Gasteiger partial charge >= 0.3 is 0 Å². The standard InChI is InChI=1S/C24H29NO4/c1-2-3-4-8-16-28-19-11-10-12-20(18-19)29-17-9-7-15-25-23(26)21-13-5-6-14-22(21)24(25)27/h5-6,10-14,18H,2-4,7-9,15-17H2,1H3. The highest BCUT2D eigenvalue weighted by Gasteiger charge is 2.34. The number of fused-ring (bicyclic) bond motifs is 1. The van der Waals surface area contributed by atoms with Crippen molar-refractivity contribution in [1.82, 2.24) is 4.90 Å². The Labute approximate surface area is 172 Å². The molecule has 2 aromatic rings. The molecule has 0 radical (unpaired) electrons. The van der Waals surface area contributed by atoms with E-state index < -0.39 is 0 Å². The molecule has 29 heavy (non-hydrogen) atoms. The SMILES string of the molecule is CCCCCCOc1cccc(OCCCCN2C(=O)c3ccccc3C2=O)c1. The van der Waals surface area contributed by atoms with Gasteiger partial charge < -0.3 is 9.47 Å². The van der Waals surface area contributed by atoms with E-state index in [9.17, 15) is 9.59 Å². The van der Waals surface area contributed by atoms with Crippen LogP contribution in [0.3, 0.4) is 0 Å². The van der Waals surface area contributed by atoms with Gasteiger partial charge in [-0.2, -0.15) is 0 Å². The van der Waals surface area contributed by atoms with Crippen molar-refractivity contribution in [2.45, 2.75) is 45.4 Å². The molecular weight excluding hydrogens is 366 g/mol. The number of unbranched alkanes of at least 4 members (excludes halogenated alkanes) is 4. The summed E-state index contributed by atoms with van der Waals surface area (Å²) in [6, 6.07) is 14.7. The van der Waals surface area contributed by atoms with Gasteiger partial charge in [0.2, 0.25) is 0 Å². The molecule has 0 saturated carbocycles. The first-order chi connectivity index (χ1) is 14.2. The highest BCUT2D eigenvalue weighted by molar-refractivity contribution is 6.21. The average molecular weight is 395 g/mol. The third-order valence-electron chi connectivity index (χ3n) is 5.00. The molecule has 3 rings (SSSR count). The minimum atomic E-state index is -0.199. The van der Waals surface area contributed by atoms with Crippen molar-refractivity contribution in [3.05, 3.63) is 59.7 Å². The maximum atomic E-state index is 12.3. The fraction of sp³-hybridized carbons (Fsp3) is 0.417. The molecule has 1 heterocycles. The molecule has 0 unspecified atom stereocenters. The Hall–Kier alpha value is -2.82. The molecule has 2 aromatic carbocycles. The summed E-state index contributed by atoms with van der Waals surface area (Å²) in [4.78, 5) is 26.0. The van der Waals surface area contributed by atoms with E-state index in [1.165, 1.54) is 24.2 Å². The lowest BCUT2D eigenvalue weighted by atomic mass is 10.1. The summed E-state index contributed by atoms with van der Waals surface area (Å²) >= 11 is 0. The van der Waals surface area contributed by atoms with Crippen LogP contribution in [0.2, 0.25) is 0 Å². The highest BCUT2D eigenvalue weighted by Crippen LogP contribution is 2.23. The number of nitrogens with zero attached hydrogens (tertiary/aromatic N) is 1. The van der Waals surface area contributed by atoms with Crippen molar-refractivity contribution >= 4 is 11.8 Å². The van der Waals surface area contributed by atoms with Crippen LogP contribution in [0.5, 0.6) is 11.5 Å². The van der Waals surface area contributed by atoms with Crippen molar-refractivity contribution in [2.24, 2.45) is 0 Å². The van der Waals surface area contributed by atoms with Crippen molar-refractivity contribution in [3.63, 3.8) is 0 Å². The summed E-state index contributed by atoms with van der Waals surface area (Å²) in [5.41, 5.74) is 1.00. The minimum Gasteiger partial charge on any atom is -0.493 e. The molecule has 5 nitrogen and oxygen atoms in total. The van der Waals surface area contributed by atoms with Crippen LogP contribution in [0.4, 0.5) is 0 Å². The fourth-order valence-corrected chi connectivity index (χ4v) is 3.38. The number of carbonyl (C=O) groups excluding carboxylic acids is 2. The Morgan fingerprint density at radius 2 is 1.31 bits per heavy atom. The first-order valence-corrected chi connectivity index (χ1v) is 10.5. The fourth-order valence-electron chi connectivity index (χ4n) is 3.38. The molecule has 0 aromatic heterocycles. The second kappa shape index (κ2) is 10.6. The van der Waals surface area contributed by atoms with Gasteiger partial charge in [-0.05, 0) is 43.5 Å². The zero-order chi connectivity index (χ0) is 20.5. The molecule has 0 saturated heterocycles. The lowest BCUT2D eigenvalue weighted by Crippen LogP contribution is -2.30. The summed E-state index contributed by atoms with van der Waals surface area (Å²) < 4.78 is 11.6. The van der Waals surface area contributed by atoms with Gasteiger partial charge in [0.1, 0.15) is 11.5 Å². The third kappa shape index (κ3) is 5.59. The molecule has 0 spiro atoms. The Kier molecular flexibility index (Phi) is 7.68. The van der Waals surface area contributed by atoms with E-state index >= 15 is 0 Å². The maximum Gasteiger partial charge on any atom is 0.261 e. The molecule has 1 aliphatic rings. The van der Waals surface area contributed by atoms with Crippen LogP contribution in [-0.2, 0) is 0 Å². The largest absolute Gasteiger partial charge is 0.493 e. The summed E-state index contributed by atoms with van der Waals surface area (Å²) in [5.74, 6) is 1.20. The normalized spacial score (nSPS) is 12.9. The van der Waals surface area contributed by atoms with E-state index in [4.69, 9.17) is 9.47 Å². The minimum absolute atomic E-state index is 0.199. The molecule has 154 valence electrons. The number of hydrogen-bond donors (Lipinski definition) is 0. The van der Waals surface area contributed by atoms with Crippen LogP contribution in [0, 0.1) is 0 Å². The molecule has 0 bridgehead atoms. The molecule has 0 fully saturated rings. The Bertz CT molecular complexity index is 798. The number of imide groups is 1. The van der Waals surface area contributed by atoms with Crippen LogP contribution in [0.25, 0.3) is 0 Å². The number of carbonyl (C=O) groups is 2. The lowest BCUT2D eigenvalue weighted by molar-refractivity contribution is 0.0649. The Morgan fingerprint density at radius 1 is 0.724 bits per heavy atom. The molecule has 0 atom stereocenters. The number of rotatable bonds is 12. The van der Waals surface area contributed by atoms with Gasteiger partial charge in [-0.3, -0.25) is 14.5 Å². The van der Waals surface area contributed by atoms with Crippen LogP contribution in [0.15, 0.2) is 48.5 Å². The van der Waals surface area contributed by atoms with E-state index in [-0.39, 0.29) is 11.8 Å². The molecule has 5 heteroatoms. The van der Waals surface area contributed by atoms with Crippen molar-refractivity contribution in [3.8, 4) is 11.5 Å². The van der Waals surface area contributed by atoms with Gasteiger partial charge in [-0.15, -0.1) is 0 Å². The van der Waals surface area contributed by atoms with Gasteiger partial charge in [0, 0.05) is 12.6 Å². The monoisotopic (exact) mass is 395 g/mol. The van der Waals surface area contributed by atoms with Gasteiger partial charge in [-0.1, -0.05) is 44.4 Å². The van der Waals surface area contributed by atoms with Gasteiger partial charge in [-0.25, -0.2) is 0 Å². The van der Waals surface area contributed by atoms with Crippen LogP contribution in [-0.4, -0.2) is 36.5 Å². The van der Waals surface area contributed by atoms with Crippen molar-refractivity contribution in [1.29, 1.82) is 0 Å². The zero-order valence-electron chi connectivity index (χ0n) is 17.1. The van der Waals surface area contributed by atoms with E-state index in [1.54, 1.807) is 24.3 Å². The smallest absolute Gasteiger partial charge is 0.261 e. The highest BCUT2D eigenvalue weighted by atomic mass is 16.5. The van der Waals surface area contributed by atoms with Gasteiger partial charge in [0.05, 0.1) is 24.3 Å². The van der Waals surface area contributed by atoms with E-state index in [1.807, 2.05) is 24.3 Å². The quantitative estimate of drug-likeness (QED) is 0.371. The number of hydrogen-bond acceptors (Lipinski definition) is 4. The Balaban J connectivity index is 1.36. The summed E-state index contributed by atoms with van der Waals surface area (Å²) in [6.07, 6.45) is 6.19. The Morgan fingerprint density at radius 3 is 1.90 bits per heavy atom. The first kappa shape index (κ1) is 20.9. The molecule has 2 amide bonds. The van der Waals surface area contributed by atoms with Crippen LogP contribution < -0.4 is 9.47 Å². The predicted octanol–water partition coefficient (Wildman–Crippen LogP) is 5.10. The maximum absolute atomic E-state index is 12.3. The summed E-state index contributed by atoms with van der Waals surface area (Å²) in [5, 5.41) is 0. The lowest BCUT2D eigenvalue weighted by Gasteiger charge is -2.14. The third-order valence-corrected chi connectivity index (χ3v) is 5.00. The zero-order valence-corrected chi connectivity index (χ0v) is 17.1. The number of benzene rings is 2. The molecule has 0 N–H and O–H groups in total. The summed E-state index contributed by atoms with van der Waals surface area (Å²) in [7, 11) is 0. The molecule has 0 aliphatic carbocycles. The second-order valence-electron chi connectivity index (χ2n) is 7.25. The molecule has 1 aliphatic heterocycles. The van der Waals surface area contributed by atoms with Crippen LogP contribution >= 0.6 is 0 Å². The molecular formula is C24H29NO4. The number of ether oxygens (including phenoxy) is 2. The van der Waals surface area contributed by atoms with Gasteiger partial charge in [0.25, 0.3) is 11.8 Å². The van der Waals surface area contributed by atoms with E-state index in [0.717, 1.165) is 30.9 Å². The first-order valence-electron chi connectivity index (χ1n) is 10.5. The predicted molar refractivity (Wildman–Crippen MR) is 113 cm³/mol. The van der Waals surface area contributed by atoms with E-state index in [2.05, 4.69) is 6.92 Å². The topological polar surface area (TPSA) is 55.8 Å². The summed E-state index contributed by atoms with van der Waals surface area (Å²) in [6.45, 7) is 3.87. The van der Waals surface area contributed by atoms with Gasteiger partial charge in [0.15, 0.2) is 0 Å².